The average molecular weight is 305 g/mol. The summed E-state index contributed by atoms with van der Waals surface area (Å²) >= 11 is 0. The number of carbonyl (C=O) groups excluding carboxylic acids is 1. The van der Waals surface area contributed by atoms with Crippen molar-refractivity contribution in [3.8, 4) is 5.75 Å². The lowest BCUT2D eigenvalue weighted by atomic mass is 10.1. The largest absolute Gasteiger partial charge is 0.422 e. The van der Waals surface area contributed by atoms with Crippen LogP contribution < -0.4 is 4.74 Å². The van der Waals surface area contributed by atoms with E-state index >= 15 is 0 Å². The highest BCUT2D eigenvalue weighted by Gasteiger charge is 2.30. The van der Waals surface area contributed by atoms with Crippen LogP contribution in [0.1, 0.15) is 24.2 Å². The fourth-order valence-corrected chi connectivity index (χ4v) is 4.33. The average Bonchev–Trinajstić information content (AvgIpc) is 2.79. The quantitative estimate of drug-likeness (QED) is 0.643. The number of esters is 1. The van der Waals surface area contributed by atoms with Gasteiger partial charge in [0.15, 0.2) is 0 Å². The number of ether oxygens (including phenoxy) is 1. The SMILES string of the molecule is CCN(CC)S(=O)(=O)c1ccc2c3c(cccc13)C(=O)O2. The second-order valence-electron chi connectivity index (χ2n) is 4.77. The van der Waals surface area contributed by atoms with E-state index in [-0.39, 0.29) is 4.90 Å². The first-order chi connectivity index (χ1) is 10.0. The van der Waals surface area contributed by atoms with Gasteiger partial charge >= 0.3 is 5.97 Å². The van der Waals surface area contributed by atoms with Crippen LogP contribution in [0.2, 0.25) is 0 Å². The monoisotopic (exact) mass is 305 g/mol. The Hall–Kier alpha value is -1.92. The van der Waals surface area contributed by atoms with Crippen LogP contribution in [-0.2, 0) is 10.0 Å². The molecule has 0 N–H and O–H groups in total. The molecule has 0 saturated heterocycles. The van der Waals surface area contributed by atoms with Crippen LogP contribution >= 0.6 is 0 Å². The van der Waals surface area contributed by atoms with E-state index in [1.807, 2.05) is 0 Å². The number of hydrogen-bond acceptors (Lipinski definition) is 4. The molecule has 0 spiro atoms. The Morgan fingerprint density at radius 1 is 1.10 bits per heavy atom. The Kier molecular flexibility index (Phi) is 3.22. The second kappa shape index (κ2) is 4.82. The van der Waals surface area contributed by atoms with E-state index in [0.717, 1.165) is 0 Å². The van der Waals surface area contributed by atoms with E-state index in [0.29, 0.717) is 35.2 Å². The Morgan fingerprint density at radius 2 is 1.81 bits per heavy atom. The maximum Gasteiger partial charge on any atom is 0.344 e. The molecule has 0 bridgehead atoms. The van der Waals surface area contributed by atoms with Gasteiger partial charge in [0.05, 0.1) is 10.5 Å². The molecule has 6 heteroatoms. The maximum absolute atomic E-state index is 12.7. The summed E-state index contributed by atoms with van der Waals surface area (Å²) in [5.41, 5.74) is 0.416. The van der Waals surface area contributed by atoms with E-state index in [4.69, 9.17) is 4.74 Å². The van der Waals surface area contributed by atoms with Gasteiger partial charge < -0.3 is 4.74 Å². The number of benzene rings is 2. The zero-order valence-corrected chi connectivity index (χ0v) is 12.6. The molecule has 0 unspecified atom stereocenters. The predicted octanol–water partition coefficient (Wildman–Crippen LogP) is 2.40. The van der Waals surface area contributed by atoms with Crippen LogP contribution in [0.3, 0.4) is 0 Å². The highest BCUT2D eigenvalue weighted by molar-refractivity contribution is 7.89. The summed E-state index contributed by atoms with van der Waals surface area (Å²) < 4.78 is 32.0. The molecule has 110 valence electrons. The molecule has 2 aromatic carbocycles. The molecule has 0 aliphatic carbocycles. The van der Waals surface area contributed by atoms with Crippen molar-refractivity contribution < 1.29 is 17.9 Å². The van der Waals surface area contributed by atoms with Crippen LogP contribution in [-0.4, -0.2) is 31.8 Å². The van der Waals surface area contributed by atoms with Gasteiger partial charge in [0.2, 0.25) is 10.0 Å². The smallest absolute Gasteiger partial charge is 0.344 e. The van der Waals surface area contributed by atoms with Crippen LogP contribution in [0.15, 0.2) is 35.2 Å². The molecule has 0 amide bonds. The molecule has 5 nitrogen and oxygen atoms in total. The summed E-state index contributed by atoms with van der Waals surface area (Å²) in [7, 11) is -3.58. The second-order valence-corrected chi connectivity index (χ2v) is 6.68. The number of carbonyl (C=O) groups is 1. The van der Waals surface area contributed by atoms with Gasteiger partial charge in [-0.05, 0) is 18.2 Å². The summed E-state index contributed by atoms with van der Waals surface area (Å²) in [6.07, 6.45) is 0. The summed E-state index contributed by atoms with van der Waals surface area (Å²) in [5.74, 6) is -0.0166. The Bertz CT molecular complexity index is 838. The predicted molar refractivity (Wildman–Crippen MR) is 79.0 cm³/mol. The lowest BCUT2D eigenvalue weighted by molar-refractivity contribution is 0.0754. The topological polar surface area (TPSA) is 63.7 Å². The van der Waals surface area contributed by atoms with Crippen LogP contribution in [0, 0.1) is 0 Å². The molecule has 1 heterocycles. The van der Waals surface area contributed by atoms with Gasteiger partial charge in [-0.25, -0.2) is 13.2 Å². The van der Waals surface area contributed by atoms with Crippen molar-refractivity contribution in [1.29, 1.82) is 0 Å². The van der Waals surface area contributed by atoms with Gasteiger partial charge in [0.25, 0.3) is 0 Å². The van der Waals surface area contributed by atoms with Gasteiger partial charge in [0.1, 0.15) is 5.75 Å². The van der Waals surface area contributed by atoms with Crippen molar-refractivity contribution in [1.82, 2.24) is 4.31 Å². The molecule has 3 rings (SSSR count). The first-order valence-electron chi connectivity index (χ1n) is 6.78. The summed E-state index contributed by atoms with van der Waals surface area (Å²) in [6, 6.07) is 8.09. The first kappa shape index (κ1) is 14.0. The molecular weight excluding hydrogens is 290 g/mol. The zero-order valence-electron chi connectivity index (χ0n) is 11.8. The van der Waals surface area contributed by atoms with Crippen molar-refractivity contribution in [3.63, 3.8) is 0 Å². The minimum absolute atomic E-state index is 0.213. The molecule has 0 saturated carbocycles. The highest BCUT2D eigenvalue weighted by Crippen LogP contribution is 2.38. The number of sulfonamides is 1. The van der Waals surface area contributed by atoms with E-state index in [1.165, 1.54) is 10.4 Å². The molecule has 1 aliphatic rings. The third-order valence-electron chi connectivity index (χ3n) is 3.71. The molecule has 0 atom stereocenters. The number of nitrogens with zero attached hydrogens (tertiary/aromatic N) is 1. The van der Waals surface area contributed by atoms with Crippen molar-refractivity contribution in [2.75, 3.05) is 13.1 Å². The number of rotatable bonds is 4. The van der Waals surface area contributed by atoms with Gasteiger partial charge in [-0.2, -0.15) is 4.31 Å². The Labute approximate surface area is 123 Å². The van der Waals surface area contributed by atoms with Gasteiger partial charge in [0, 0.05) is 23.9 Å². The normalized spacial score (nSPS) is 14.0. The lowest BCUT2D eigenvalue weighted by Gasteiger charge is -2.19. The fourth-order valence-electron chi connectivity index (χ4n) is 2.69. The van der Waals surface area contributed by atoms with Gasteiger partial charge in [-0.1, -0.05) is 26.0 Å². The van der Waals surface area contributed by atoms with Crippen LogP contribution in [0.25, 0.3) is 10.8 Å². The van der Waals surface area contributed by atoms with E-state index in [1.54, 1.807) is 38.1 Å². The van der Waals surface area contributed by atoms with Crippen molar-refractivity contribution in [2.24, 2.45) is 0 Å². The summed E-state index contributed by atoms with van der Waals surface area (Å²) in [5, 5.41) is 1.11. The molecule has 0 radical (unpaired) electrons. The van der Waals surface area contributed by atoms with Gasteiger partial charge in [-0.15, -0.1) is 0 Å². The van der Waals surface area contributed by atoms with Crippen molar-refractivity contribution >= 4 is 26.8 Å². The Morgan fingerprint density at radius 3 is 2.48 bits per heavy atom. The molecule has 0 aromatic heterocycles. The fraction of sp³-hybridized carbons (Fsp3) is 0.267. The van der Waals surface area contributed by atoms with E-state index < -0.39 is 16.0 Å². The van der Waals surface area contributed by atoms with Crippen molar-refractivity contribution in [2.45, 2.75) is 18.7 Å². The summed E-state index contributed by atoms with van der Waals surface area (Å²) in [6.45, 7) is 4.40. The minimum Gasteiger partial charge on any atom is -0.422 e. The van der Waals surface area contributed by atoms with Crippen LogP contribution in [0.4, 0.5) is 0 Å². The molecule has 21 heavy (non-hydrogen) atoms. The number of hydrogen-bond donors (Lipinski definition) is 0. The highest BCUT2D eigenvalue weighted by atomic mass is 32.2. The molecular formula is C15H15NO4S. The van der Waals surface area contributed by atoms with E-state index in [2.05, 4.69) is 0 Å². The molecule has 2 aromatic rings. The first-order valence-corrected chi connectivity index (χ1v) is 8.22. The summed E-state index contributed by atoms with van der Waals surface area (Å²) in [4.78, 5) is 12.0. The standard InChI is InChI=1S/C15H15NO4S/c1-3-16(4-2)21(18,19)13-9-8-12-14-10(13)6-5-7-11(14)15(17)20-12/h5-9H,3-4H2,1-2H3. The molecule has 1 aliphatic heterocycles. The van der Waals surface area contributed by atoms with Crippen LogP contribution in [0.5, 0.6) is 5.75 Å². The molecule has 0 fully saturated rings. The van der Waals surface area contributed by atoms with Crippen molar-refractivity contribution in [3.05, 3.63) is 35.9 Å². The third kappa shape index (κ3) is 1.94. The zero-order chi connectivity index (χ0) is 15.2. The Balaban J connectivity index is 2.32. The van der Waals surface area contributed by atoms with E-state index in [9.17, 15) is 13.2 Å². The lowest BCUT2D eigenvalue weighted by Crippen LogP contribution is -2.30. The van der Waals surface area contributed by atoms with Gasteiger partial charge in [-0.3, -0.25) is 0 Å². The maximum atomic E-state index is 12.7. The minimum atomic E-state index is -3.58. The third-order valence-corrected chi connectivity index (χ3v) is 5.82.